The first-order valence-corrected chi connectivity index (χ1v) is 5.62. The van der Waals surface area contributed by atoms with E-state index in [4.69, 9.17) is 5.26 Å². The fourth-order valence-electron chi connectivity index (χ4n) is 2.34. The van der Waals surface area contributed by atoms with Crippen LogP contribution >= 0.6 is 0 Å². The van der Waals surface area contributed by atoms with Gasteiger partial charge >= 0.3 is 0 Å². The van der Waals surface area contributed by atoms with Gasteiger partial charge in [0.05, 0.1) is 11.6 Å². The van der Waals surface area contributed by atoms with Crippen molar-refractivity contribution in [2.24, 2.45) is 11.8 Å². The van der Waals surface area contributed by atoms with Crippen LogP contribution in [0.15, 0.2) is 24.3 Å². The van der Waals surface area contributed by atoms with Crippen molar-refractivity contribution in [1.82, 2.24) is 0 Å². The summed E-state index contributed by atoms with van der Waals surface area (Å²) in [6.45, 7) is 2.44. The molecule has 0 amide bonds. The molecule has 0 bridgehead atoms. The molecule has 1 aromatic rings. The average Bonchev–Trinajstić information content (AvgIpc) is 3.01. The van der Waals surface area contributed by atoms with E-state index in [0.717, 1.165) is 17.4 Å². The molecule has 2 fully saturated rings. The molecule has 15 heavy (non-hydrogen) atoms. The monoisotopic (exact) mass is 198 g/mol. The third-order valence-corrected chi connectivity index (χ3v) is 3.56. The highest BCUT2D eigenvalue weighted by Crippen LogP contribution is 2.42. The van der Waals surface area contributed by atoms with E-state index in [1.165, 1.54) is 31.6 Å². The number of nitrogens with zero attached hydrogens (tertiary/aromatic N) is 2. The van der Waals surface area contributed by atoms with E-state index in [2.05, 4.69) is 23.1 Å². The standard InChI is InChI=1S/C13H14N2/c14-7-10-1-5-13(6-2-10)15-8-12(9-15)11-3-4-11/h1-2,5-6,11-12H,3-4,8-9H2. The minimum atomic E-state index is 0.748. The highest BCUT2D eigenvalue weighted by atomic mass is 15.2. The van der Waals surface area contributed by atoms with Crippen molar-refractivity contribution in [1.29, 1.82) is 5.26 Å². The minimum absolute atomic E-state index is 0.748. The van der Waals surface area contributed by atoms with Crippen LogP contribution in [-0.4, -0.2) is 13.1 Å². The Morgan fingerprint density at radius 3 is 2.27 bits per heavy atom. The third-order valence-electron chi connectivity index (χ3n) is 3.56. The lowest BCUT2D eigenvalue weighted by atomic mass is 9.94. The highest BCUT2D eigenvalue weighted by molar-refractivity contribution is 5.51. The van der Waals surface area contributed by atoms with Crippen molar-refractivity contribution < 1.29 is 0 Å². The van der Waals surface area contributed by atoms with Crippen LogP contribution in [0.25, 0.3) is 0 Å². The number of nitriles is 1. The van der Waals surface area contributed by atoms with E-state index in [1.807, 2.05) is 12.1 Å². The van der Waals surface area contributed by atoms with Gasteiger partial charge in [-0.05, 0) is 48.9 Å². The van der Waals surface area contributed by atoms with Gasteiger partial charge in [-0.1, -0.05) is 0 Å². The molecule has 0 unspecified atom stereocenters. The average molecular weight is 198 g/mol. The molecular formula is C13H14N2. The molecule has 0 aromatic heterocycles. The summed E-state index contributed by atoms with van der Waals surface area (Å²) in [6.07, 6.45) is 2.90. The zero-order valence-electron chi connectivity index (χ0n) is 8.69. The molecule has 1 aliphatic carbocycles. The number of anilines is 1. The lowest BCUT2D eigenvalue weighted by Crippen LogP contribution is -2.47. The Kier molecular flexibility index (Phi) is 1.92. The van der Waals surface area contributed by atoms with Crippen LogP contribution in [0.3, 0.4) is 0 Å². The lowest BCUT2D eigenvalue weighted by molar-refractivity contribution is 0.364. The number of rotatable bonds is 2. The Hall–Kier alpha value is -1.49. The van der Waals surface area contributed by atoms with E-state index in [9.17, 15) is 0 Å². The van der Waals surface area contributed by atoms with E-state index < -0.39 is 0 Å². The summed E-state index contributed by atoms with van der Waals surface area (Å²) in [7, 11) is 0. The Morgan fingerprint density at radius 1 is 1.07 bits per heavy atom. The SMILES string of the molecule is N#Cc1ccc(N2CC(C3CC3)C2)cc1. The third kappa shape index (κ3) is 1.59. The molecule has 1 heterocycles. The van der Waals surface area contributed by atoms with Crippen molar-refractivity contribution in [2.75, 3.05) is 18.0 Å². The summed E-state index contributed by atoms with van der Waals surface area (Å²) in [5.74, 6) is 1.97. The van der Waals surface area contributed by atoms with Crippen LogP contribution in [0.2, 0.25) is 0 Å². The molecule has 0 spiro atoms. The summed E-state index contributed by atoms with van der Waals surface area (Å²) in [4.78, 5) is 2.41. The Bertz CT molecular complexity index is 392. The van der Waals surface area contributed by atoms with Crippen LogP contribution in [0.4, 0.5) is 5.69 Å². The van der Waals surface area contributed by atoms with Crippen molar-refractivity contribution in [3.05, 3.63) is 29.8 Å². The fourth-order valence-corrected chi connectivity index (χ4v) is 2.34. The topological polar surface area (TPSA) is 27.0 Å². The lowest BCUT2D eigenvalue weighted by Gasteiger charge is -2.41. The van der Waals surface area contributed by atoms with Crippen LogP contribution < -0.4 is 4.90 Å². The van der Waals surface area contributed by atoms with Gasteiger partial charge in [0, 0.05) is 18.8 Å². The first-order chi connectivity index (χ1) is 7.36. The van der Waals surface area contributed by atoms with E-state index in [0.29, 0.717) is 0 Å². The normalized spacial score (nSPS) is 20.9. The molecule has 2 aliphatic rings. The second-order valence-electron chi connectivity index (χ2n) is 4.66. The number of hydrogen-bond acceptors (Lipinski definition) is 2. The molecule has 2 nitrogen and oxygen atoms in total. The van der Waals surface area contributed by atoms with Gasteiger partial charge in [-0.2, -0.15) is 5.26 Å². The summed E-state index contributed by atoms with van der Waals surface area (Å²) in [5.41, 5.74) is 2.02. The van der Waals surface area contributed by atoms with Gasteiger partial charge in [-0.3, -0.25) is 0 Å². The van der Waals surface area contributed by atoms with Gasteiger partial charge in [0.1, 0.15) is 0 Å². The summed E-state index contributed by atoms with van der Waals surface area (Å²) in [6, 6.07) is 10.1. The zero-order chi connectivity index (χ0) is 10.3. The van der Waals surface area contributed by atoms with Crippen molar-refractivity contribution in [3.8, 4) is 6.07 Å². The van der Waals surface area contributed by atoms with Gasteiger partial charge in [0.25, 0.3) is 0 Å². The smallest absolute Gasteiger partial charge is 0.0991 e. The van der Waals surface area contributed by atoms with Gasteiger partial charge in [-0.15, -0.1) is 0 Å². The predicted octanol–water partition coefficient (Wildman–Crippen LogP) is 2.40. The molecule has 1 aliphatic heterocycles. The van der Waals surface area contributed by atoms with E-state index >= 15 is 0 Å². The predicted molar refractivity (Wildman–Crippen MR) is 59.6 cm³/mol. The quantitative estimate of drug-likeness (QED) is 0.729. The maximum atomic E-state index is 8.70. The second-order valence-corrected chi connectivity index (χ2v) is 4.66. The molecule has 3 rings (SSSR count). The largest absolute Gasteiger partial charge is 0.371 e. The van der Waals surface area contributed by atoms with Crippen molar-refractivity contribution in [2.45, 2.75) is 12.8 Å². The van der Waals surface area contributed by atoms with Gasteiger partial charge < -0.3 is 4.90 Å². The molecule has 1 saturated heterocycles. The number of benzene rings is 1. The van der Waals surface area contributed by atoms with Crippen LogP contribution in [0.5, 0.6) is 0 Å². The molecule has 0 atom stereocenters. The highest BCUT2D eigenvalue weighted by Gasteiger charge is 2.39. The maximum absolute atomic E-state index is 8.70. The van der Waals surface area contributed by atoms with E-state index in [-0.39, 0.29) is 0 Å². The fraction of sp³-hybridized carbons (Fsp3) is 0.462. The van der Waals surface area contributed by atoms with Crippen LogP contribution in [0.1, 0.15) is 18.4 Å². The summed E-state index contributed by atoms with van der Waals surface area (Å²) < 4.78 is 0. The van der Waals surface area contributed by atoms with Gasteiger partial charge in [0.2, 0.25) is 0 Å². The van der Waals surface area contributed by atoms with Crippen LogP contribution in [-0.2, 0) is 0 Å². The van der Waals surface area contributed by atoms with Crippen LogP contribution in [0, 0.1) is 23.2 Å². The summed E-state index contributed by atoms with van der Waals surface area (Å²) >= 11 is 0. The van der Waals surface area contributed by atoms with Crippen molar-refractivity contribution >= 4 is 5.69 Å². The molecular weight excluding hydrogens is 184 g/mol. The van der Waals surface area contributed by atoms with Gasteiger partial charge in [-0.25, -0.2) is 0 Å². The first-order valence-electron chi connectivity index (χ1n) is 5.62. The molecule has 1 aromatic carbocycles. The second kappa shape index (κ2) is 3.27. The zero-order valence-corrected chi connectivity index (χ0v) is 8.69. The molecule has 0 radical (unpaired) electrons. The molecule has 76 valence electrons. The molecule has 2 heteroatoms. The number of hydrogen-bond donors (Lipinski definition) is 0. The van der Waals surface area contributed by atoms with Gasteiger partial charge in [0.15, 0.2) is 0 Å². The van der Waals surface area contributed by atoms with E-state index in [1.54, 1.807) is 0 Å². The first kappa shape index (κ1) is 8.79. The minimum Gasteiger partial charge on any atom is -0.371 e. The molecule has 0 N–H and O–H groups in total. The van der Waals surface area contributed by atoms with Crippen molar-refractivity contribution in [3.63, 3.8) is 0 Å². The Balaban J connectivity index is 1.65. The molecule has 1 saturated carbocycles. The Labute approximate surface area is 90.1 Å². The maximum Gasteiger partial charge on any atom is 0.0991 e. The Morgan fingerprint density at radius 2 is 1.73 bits per heavy atom. The summed E-state index contributed by atoms with van der Waals surface area (Å²) in [5, 5.41) is 8.70.